The highest BCUT2D eigenvalue weighted by Crippen LogP contribution is 2.28. The monoisotopic (exact) mass is 322 g/mol. The van der Waals surface area contributed by atoms with E-state index in [9.17, 15) is 8.42 Å². The lowest BCUT2D eigenvalue weighted by atomic mass is 10.2. The number of aromatic nitrogens is 2. The van der Waals surface area contributed by atoms with Crippen molar-refractivity contribution in [2.45, 2.75) is 4.90 Å². The largest absolute Gasteiger partial charge is 0.399 e. The number of rotatable bonds is 3. The zero-order valence-electron chi connectivity index (χ0n) is 10.7. The normalized spacial score (nSPS) is 11.7. The summed E-state index contributed by atoms with van der Waals surface area (Å²) >= 11 is 5.94. The van der Waals surface area contributed by atoms with Crippen LogP contribution in [0.15, 0.2) is 47.8 Å². The van der Waals surface area contributed by atoms with E-state index in [4.69, 9.17) is 17.3 Å². The Balaban J connectivity index is 2.07. The van der Waals surface area contributed by atoms with Crippen LogP contribution in [0.4, 0.5) is 11.4 Å². The second kappa shape index (κ2) is 4.94. The molecule has 0 saturated carbocycles. The molecule has 6 nitrogen and oxygen atoms in total. The maximum absolute atomic E-state index is 12.5. The first-order chi connectivity index (χ1) is 9.97. The summed E-state index contributed by atoms with van der Waals surface area (Å²) in [5.41, 5.74) is 7.10. The maximum Gasteiger partial charge on any atom is 0.264 e. The third kappa shape index (κ3) is 2.53. The van der Waals surface area contributed by atoms with E-state index < -0.39 is 10.0 Å². The quantitative estimate of drug-likeness (QED) is 0.645. The molecule has 0 aliphatic rings. The summed E-state index contributed by atoms with van der Waals surface area (Å²) in [7, 11) is -3.78. The molecule has 0 fully saturated rings. The van der Waals surface area contributed by atoms with Crippen LogP contribution in [-0.2, 0) is 10.0 Å². The lowest BCUT2D eigenvalue weighted by molar-refractivity contribution is 0.602. The molecule has 2 heterocycles. The second-order valence-electron chi connectivity index (χ2n) is 4.42. The molecule has 3 aromatic rings. The SMILES string of the molecule is Nc1ccc2c(S(=O)(=O)Nc3cnccc3Cl)c[nH]c2c1. The molecule has 1 aromatic carbocycles. The summed E-state index contributed by atoms with van der Waals surface area (Å²) in [6, 6.07) is 6.48. The highest BCUT2D eigenvalue weighted by Gasteiger charge is 2.20. The number of anilines is 2. The summed E-state index contributed by atoms with van der Waals surface area (Å²) in [5.74, 6) is 0. The number of halogens is 1. The number of nitrogens with two attached hydrogens (primary N) is 1. The van der Waals surface area contributed by atoms with Crippen LogP contribution in [0.1, 0.15) is 0 Å². The third-order valence-corrected chi connectivity index (χ3v) is 4.70. The molecular formula is C13H11ClN4O2S. The zero-order chi connectivity index (χ0) is 15.0. The van der Waals surface area contributed by atoms with Crippen molar-refractivity contribution in [3.05, 3.63) is 47.9 Å². The Hall–Kier alpha value is -2.25. The van der Waals surface area contributed by atoms with Gasteiger partial charge in [-0.05, 0) is 24.3 Å². The summed E-state index contributed by atoms with van der Waals surface area (Å²) in [4.78, 5) is 6.86. The minimum absolute atomic E-state index is 0.123. The van der Waals surface area contributed by atoms with Gasteiger partial charge in [0, 0.05) is 29.0 Å². The van der Waals surface area contributed by atoms with E-state index in [1.165, 1.54) is 24.7 Å². The van der Waals surface area contributed by atoms with Crippen molar-refractivity contribution >= 4 is 43.9 Å². The minimum atomic E-state index is -3.78. The van der Waals surface area contributed by atoms with Crippen LogP contribution < -0.4 is 10.5 Å². The van der Waals surface area contributed by atoms with Gasteiger partial charge in [-0.25, -0.2) is 8.42 Å². The molecule has 21 heavy (non-hydrogen) atoms. The number of nitrogen functional groups attached to an aromatic ring is 1. The molecule has 0 spiro atoms. The molecule has 0 aliphatic carbocycles. The van der Waals surface area contributed by atoms with E-state index in [-0.39, 0.29) is 15.6 Å². The van der Waals surface area contributed by atoms with E-state index in [0.717, 1.165) is 0 Å². The molecule has 0 aliphatic heterocycles. The van der Waals surface area contributed by atoms with Gasteiger partial charge in [-0.2, -0.15) is 0 Å². The van der Waals surface area contributed by atoms with Gasteiger partial charge in [0.15, 0.2) is 0 Å². The number of nitrogens with one attached hydrogen (secondary N) is 2. The Morgan fingerprint density at radius 2 is 2.10 bits per heavy atom. The number of hydrogen-bond acceptors (Lipinski definition) is 4. The van der Waals surface area contributed by atoms with E-state index in [1.54, 1.807) is 18.2 Å². The Labute approximate surface area is 126 Å². The molecule has 4 N–H and O–H groups in total. The number of H-pyrrole nitrogens is 1. The van der Waals surface area contributed by atoms with Crippen LogP contribution >= 0.6 is 11.6 Å². The smallest absolute Gasteiger partial charge is 0.264 e. The number of hydrogen-bond donors (Lipinski definition) is 3. The first-order valence-corrected chi connectivity index (χ1v) is 7.82. The Morgan fingerprint density at radius 3 is 2.86 bits per heavy atom. The second-order valence-corrected chi connectivity index (χ2v) is 6.48. The zero-order valence-corrected chi connectivity index (χ0v) is 12.2. The van der Waals surface area contributed by atoms with Crippen LogP contribution in [0.3, 0.4) is 0 Å². The topological polar surface area (TPSA) is 101 Å². The lowest BCUT2D eigenvalue weighted by Crippen LogP contribution is -2.13. The average molecular weight is 323 g/mol. The molecule has 8 heteroatoms. The highest BCUT2D eigenvalue weighted by molar-refractivity contribution is 7.93. The van der Waals surface area contributed by atoms with Gasteiger partial charge in [-0.3, -0.25) is 9.71 Å². The van der Waals surface area contributed by atoms with Crippen molar-refractivity contribution in [1.82, 2.24) is 9.97 Å². The van der Waals surface area contributed by atoms with Crippen molar-refractivity contribution in [1.29, 1.82) is 0 Å². The first kappa shape index (κ1) is 13.7. The van der Waals surface area contributed by atoms with E-state index >= 15 is 0 Å². The minimum Gasteiger partial charge on any atom is -0.399 e. The van der Waals surface area contributed by atoms with Gasteiger partial charge in [-0.1, -0.05) is 11.6 Å². The van der Waals surface area contributed by atoms with Crippen molar-refractivity contribution in [2.75, 3.05) is 10.5 Å². The van der Waals surface area contributed by atoms with E-state index in [0.29, 0.717) is 16.6 Å². The van der Waals surface area contributed by atoms with Gasteiger partial charge in [-0.15, -0.1) is 0 Å². The van der Waals surface area contributed by atoms with Gasteiger partial charge < -0.3 is 10.7 Å². The van der Waals surface area contributed by atoms with Gasteiger partial charge in [0.2, 0.25) is 0 Å². The highest BCUT2D eigenvalue weighted by atomic mass is 35.5. The summed E-state index contributed by atoms with van der Waals surface area (Å²) < 4.78 is 27.4. The summed E-state index contributed by atoms with van der Waals surface area (Å²) in [5, 5.41) is 0.828. The molecule has 3 rings (SSSR count). The molecule has 0 amide bonds. The van der Waals surface area contributed by atoms with Crippen LogP contribution in [0.5, 0.6) is 0 Å². The average Bonchev–Trinajstić information content (AvgIpc) is 2.85. The van der Waals surface area contributed by atoms with Gasteiger partial charge in [0.1, 0.15) is 4.90 Å². The number of nitrogens with zero attached hydrogens (tertiary/aromatic N) is 1. The Morgan fingerprint density at radius 1 is 1.29 bits per heavy atom. The van der Waals surface area contributed by atoms with Crippen molar-refractivity contribution in [3.8, 4) is 0 Å². The number of benzene rings is 1. The fraction of sp³-hybridized carbons (Fsp3) is 0. The third-order valence-electron chi connectivity index (χ3n) is 2.97. The lowest BCUT2D eigenvalue weighted by Gasteiger charge is -2.08. The number of aromatic amines is 1. The van der Waals surface area contributed by atoms with Crippen LogP contribution in [0, 0.1) is 0 Å². The molecule has 0 bridgehead atoms. The van der Waals surface area contributed by atoms with E-state index in [1.807, 2.05) is 0 Å². The number of pyridine rings is 1. The predicted molar refractivity (Wildman–Crippen MR) is 82.8 cm³/mol. The fourth-order valence-corrected chi connectivity index (χ4v) is 3.44. The summed E-state index contributed by atoms with van der Waals surface area (Å²) in [6.07, 6.45) is 4.25. The van der Waals surface area contributed by atoms with Crippen LogP contribution in [0.25, 0.3) is 10.9 Å². The summed E-state index contributed by atoms with van der Waals surface area (Å²) in [6.45, 7) is 0. The molecule has 0 radical (unpaired) electrons. The molecule has 108 valence electrons. The molecule has 0 saturated heterocycles. The van der Waals surface area contributed by atoms with Gasteiger partial charge in [0.05, 0.1) is 16.9 Å². The van der Waals surface area contributed by atoms with Crippen molar-refractivity contribution in [2.24, 2.45) is 0 Å². The number of fused-ring (bicyclic) bond motifs is 1. The number of sulfonamides is 1. The maximum atomic E-state index is 12.5. The van der Waals surface area contributed by atoms with Gasteiger partial charge in [0.25, 0.3) is 10.0 Å². The molecule has 0 atom stereocenters. The standard InChI is InChI=1S/C13H11ClN4O2S/c14-10-3-4-16-6-12(10)18-21(19,20)13-7-17-11-5-8(15)1-2-9(11)13/h1-7,17-18H,15H2. The molecule has 0 unspecified atom stereocenters. The Kier molecular flexibility index (Phi) is 3.23. The first-order valence-electron chi connectivity index (χ1n) is 5.96. The van der Waals surface area contributed by atoms with Crippen molar-refractivity contribution in [3.63, 3.8) is 0 Å². The van der Waals surface area contributed by atoms with Crippen molar-refractivity contribution < 1.29 is 8.42 Å². The molecular weight excluding hydrogens is 312 g/mol. The predicted octanol–water partition coefficient (Wildman–Crippen LogP) is 2.60. The molecule has 2 aromatic heterocycles. The van der Waals surface area contributed by atoms with Crippen LogP contribution in [-0.4, -0.2) is 18.4 Å². The van der Waals surface area contributed by atoms with Crippen LogP contribution in [0.2, 0.25) is 5.02 Å². The Bertz CT molecular complexity index is 921. The fourth-order valence-electron chi connectivity index (χ4n) is 1.99. The van der Waals surface area contributed by atoms with Gasteiger partial charge >= 0.3 is 0 Å². The van der Waals surface area contributed by atoms with E-state index in [2.05, 4.69) is 14.7 Å².